The highest BCUT2D eigenvalue weighted by atomic mass is 32.1. The van der Waals surface area contributed by atoms with E-state index < -0.39 is 0 Å². The van der Waals surface area contributed by atoms with Gasteiger partial charge in [-0.25, -0.2) is 0 Å². The van der Waals surface area contributed by atoms with Gasteiger partial charge in [-0.2, -0.15) is 0 Å². The number of hydrogen-bond acceptors (Lipinski definition) is 3. The Morgan fingerprint density at radius 3 is 2.56 bits per heavy atom. The van der Waals surface area contributed by atoms with E-state index in [1.54, 1.807) is 0 Å². The van der Waals surface area contributed by atoms with Crippen LogP contribution in [0.1, 0.15) is 31.8 Å². The van der Waals surface area contributed by atoms with Crippen LogP contribution in [0.2, 0.25) is 0 Å². The van der Waals surface area contributed by atoms with Gasteiger partial charge < -0.3 is 9.47 Å². The molecule has 4 heterocycles. The van der Waals surface area contributed by atoms with Gasteiger partial charge in [0.05, 0.1) is 12.1 Å². The lowest BCUT2D eigenvalue weighted by molar-refractivity contribution is 0.0556. The van der Waals surface area contributed by atoms with Crippen LogP contribution in [0.25, 0.3) is 0 Å². The number of amides is 1. The van der Waals surface area contributed by atoms with Gasteiger partial charge in [0.1, 0.15) is 5.69 Å². The smallest absolute Gasteiger partial charge is 0.271 e. The SMILES string of the molecule is Cc1ccc(CN2C[C@H]3[C@H](C2)n2cccc2C(=O)N3Cc2ccccc2)s1. The zero-order valence-electron chi connectivity index (χ0n) is 15.4. The lowest BCUT2D eigenvalue weighted by Gasteiger charge is -2.38. The molecule has 5 heteroatoms. The molecule has 2 aromatic heterocycles. The minimum absolute atomic E-state index is 0.152. The summed E-state index contributed by atoms with van der Waals surface area (Å²) >= 11 is 1.87. The van der Waals surface area contributed by atoms with Gasteiger partial charge in [0.15, 0.2) is 0 Å². The summed E-state index contributed by atoms with van der Waals surface area (Å²) in [5.41, 5.74) is 2.01. The second-order valence-corrected chi connectivity index (χ2v) is 8.93. The van der Waals surface area contributed by atoms with Crippen LogP contribution in [0.3, 0.4) is 0 Å². The van der Waals surface area contributed by atoms with Gasteiger partial charge in [0, 0.05) is 42.1 Å². The quantitative estimate of drug-likeness (QED) is 0.689. The Kier molecular flexibility index (Phi) is 4.14. The fourth-order valence-corrected chi connectivity index (χ4v) is 5.41. The summed E-state index contributed by atoms with van der Waals surface area (Å²) in [6.45, 7) is 5.72. The Hall–Kier alpha value is -2.37. The average Bonchev–Trinajstić information content (AvgIpc) is 3.39. The third kappa shape index (κ3) is 3.01. The molecule has 2 aliphatic rings. The molecular weight excluding hydrogens is 354 g/mol. The van der Waals surface area contributed by atoms with E-state index in [1.165, 1.54) is 15.3 Å². The lowest BCUT2D eigenvalue weighted by atomic mass is 10.0. The molecule has 0 unspecified atom stereocenters. The summed E-state index contributed by atoms with van der Waals surface area (Å²) in [5.74, 6) is 0.152. The molecule has 1 fully saturated rings. The summed E-state index contributed by atoms with van der Waals surface area (Å²) < 4.78 is 2.20. The van der Waals surface area contributed by atoms with Crippen LogP contribution in [-0.4, -0.2) is 39.4 Å². The first kappa shape index (κ1) is 16.8. The number of carbonyl (C=O) groups is 1. The summed E-state index contributed by atoms with van der Waals surface area (Å²) in [6, 6.07) is 19.3. The fourth-order valence-electron chi connectivity index (χ4n) is 4.48. The first-order chi connectivity index (χ1) is 13.2. The predicted molar refractivity (Wildman–Crippen MR) is 108 cm³/mol. The maximum absolute atomic E-state index is 13.2. The highest BCUT2D eigenvalue weighted by Crippen LogP contribution is 2.35. The first-order valence-corrected chi connectivity index (χ1v) is 10.3. The molecule has 1 aromatic carbocycles. The Morgan fingerprint density at radius 2 is 1.78 bits per heavy atom. The van der Waals surface area contributed by atoms with Crippen LogP contribution in [0, 0.1) is 6.92 Å². The first-order valence-electron chi connectivity index (χ1n) is 9.48. The van der Waals surface area contributed by atoms with Crippen molar-refractivity contribution in [2.75, 3.05) is 13.1 Å². The maximum atomic E-state index is 13.2. The number of aryl methyl sites for hydroxylation is 1. The van der Waals surface area contributed by atoms with Crippen LogP contribution in [0.4, 0.5) is 0 Å². The molecule has 0 saturated carbocycles. The molecule has 2 aliphatic heterocycles. The number of hydrogen-bond donors (Lipinski definition) is 0. The minimum atomic E-state index is 0.152. The van der Waals surface area contributed by atoms with Crippen molar-refractivity contribution in [1.29, 1.82) is 0 Å². The van der Waals surface area contributed by atoms with Crippen LogP contribution < -0.4 is 0 Å². The normalized spacial score (nSPS) is 22.1. The van der Waals surface area contributed by atoms with E-state index in [9.17, 15) is 4.79 Å². The van der Waals surface area contributed by atoms with Crippen molar-refractivity contribution in [3.05, 3.63) is 81.8 Å². The van der Waals surface area contributed by atoms with Gasteiger partial charge in [-0.3, -0.25) is 9.69 Å². The summed E-state index contributed by atoms with van der Waals surface area (Å²) in [7, 11) is 0. The molecule has 0 N–H and O–H groups in total. The second-order valence-electron chi connectivity index (χ2n) is 7.56. The zero-order chi connectivity index (χ0) is 18.4. The van der Waals surface area contributed by atoms with Gasteiger partial charge in [-0.1, -0.05) is 30.3 Å². The topological polar surface area (TPSA) is 28.5 Å². The molecule has 138 valence electrons. The molecule has 1 amide bonds. The van der Waals surface area contributed by atoms with Gasteiger partial charge >= 0.3 is 0 Å². The highest BCUT2D eigenvalue weighted by Gasteiger charge is 2.44. The van der Waals surface area contributed by atoms with Crippen LogP contribution in [-0.2, 0) is 13.1 Å². The number of benzene rings is 1. The van der Waals surface area contributed by atoms with Crippen molar-refractivity contribution in [1.82, 2.24) is 14.4 Å². The average molecular weight is 378 g/mol. The van der Waals surface area contributed by atoms with E-state index >= 15 is 0 Å². The largest absolute Gasteiger partial charge is 0.337 e. The maximum Gasteiger partial charge on any atom is 0.271 e. The summed E-state index contributed by atoms with van der Waals surface area (Å²) in [5, 5.41) is 0. The van der Waals surface area contributed by atoms with Crippen molar-refractivity contribution in [2.45, 2.75) is 32.1 Å². The van der Waals surface area contributed by atoms with Crippen molar-refractivity contribution >= 4 is 17.2 Å². The second kappa shape index (κ2) is 6.66. The van der Waals surface area contributed by atoms with Gasteiger partial charge in [0.25, 0.3) is 5.91 Å². The number of fused-ring (bicyclic) bond motifs is 3. The molecule has 0 radical (unpaired) electrons. The van der Waals surface area contributed by atoms with Crippen molar-refractivity contribution in [3.63, 3.8) is 0 Å². The molecule has 27 heavy (non-hydrogen) atoms. The van der Waals surface area contributed by atoms with Crippen molar-refractivity contribution < 1.29 is 4.79 Å². The molecule has 2 atom stereocenters. The van der Waals surface area contributed by atoms with E-state index in [1.807, 2.05) is 41.7 Å². The summed E-state index contributed by atoms with van der Waals surface area (Å²) in [6.07, 6.45) is 2.07. The predicted octanol–water partition coefficient (Wildman–Crippen LogP) is 3.94. The Labute approximate surface area is 163 Å². The summed E-state index contributed by atoms with van der Waals surface area (Å²) in [4.78, 5) is 20.5. The van der Waals surface area contributed by atoms with Gasteiger partial charge in [-0.15, -0.1) is 11.3 Å². The third-order valence-corrected chi connectivity index (χ3v) is 6.71. The van der Waals surface area contributed by atoms with Crippen LogP contribution in [0.5, 0.6) is 0 Å². The molecule has 0 bridgehead atoms. The molecule has 0 spiro atoms. The Balaban J connectivity index is 1.43. The molecule has 5 rings (SSSR count). The molecule has 3 aromatic rings. The molecule has 0 aliphatic carbocycles. The van der Waals surface area contributed by atoms with Gasteiger partial charge in [0.2, 0.25) is 0 Å². The van der Waals surface area contributed by atoms with Crippen LogP contribution in [0.15, 0.2) is 60.8 Å². The van der Waals surface area contributed by atoms with Crippen molar-refractivity contribution in [2.24, 2.45) is 0 Å². The fraction of sp³-hybridized carbons (Fsp3) is 0.318. The van der Waals surface area contributed by atoms with E-state index in [0.717, 1.165) is 25.3 Å². The van der Waals surface area contributed by atoms with E-state index in [4.69, 9.17) is 0 Å². The van der Waals surface area contributed by atoms with E-state index in [2.05, 4.69) is 51.8 Å². The minimum Gasteiger partial charge on any atom is -0.337 e. The molecule has 4 nitrogen and oxygen atoms in total. The number of nitrogens with zero attached hydrogens (tertiary/aromatic N) is 3. The number of carbonyl (C=O) groups excluding carboxylic acids is 1. The Morgan fingerprint density at radius 1 is 0.963 bits per heavy atom. The standard InChI is InChI=1S/C22H23N3OS/c1-16-9-10-18(27-16)13-23-14-20-21(15-23)25(12-17-6-3-2-4-7-17)22(26)19-8-5-11-24(19)20/h2-11,20-21H,12-15H2,1H3/t20-,21-/m0/s1. The van der Waals surface area contributed by atoms with E-state index in [0.29, 0.717) is 12.6 Å². The van der Waals surface area contributed by atoms with Gasteiger partial charge in [-0.05, 0) is 36.8 Å². The highest BCUT2D eigenvalue weighted by molar-refractivity contribution is 7.11. The molecular formula is C22H23N3OS. The number of rotatable bonds is 4. The lowest BCUT2D eigenvalue weighted by Crippen LogP contribution is -2.49. The monoisotopic (exact) mass is 377 g/mol. The zero-order valence-corrected chi connectivity index (χ0v) is 16.2. The number of thiophene rings is 1. The van der Waals surface area contributed by atoms with E-state index in [-0.39, 0.29) is 11.9 Å². The van der Waals surface area contributed by atoms with Crippen LogP contribution >= 0.6 is 11.3 Å². The number of likely N-dealkylation sites (tertiary alicyclic amines) is 1. The third-order valence-electron chi connectivity index (χ3n) is 5.72. The van der Waals surface area contributed by atoms with Crippen molar-refractivity contribution in [3.8, 4) is 0 Å². The molecule has 1 saturated heterocycles. The number of aromatic nitrogens is 1. The Bertz CT molecular complexity index is 961.